The first-order valence-corrected chi connectivity index (χ1v) is 4.23. The van der Waals surface area contributed by atoms with E-state index in [4.69, 9.17) is 0 Å². The van der Waals surface area contributed by atoms with Crippen LogP contribution < -0.4 is 0 Å². The van der Waals surface area contributed by atoms with Crippen molar-refractivity contribution in [2.24, 2.45) is 0 Å². The van der Waals surface area contributed by atoms with Crippen molar-refractivity contribution >= 4 is 11.2 Å². The highest BCUT2D eigenvalue weighted by Crippen LogP contribution is 2.39. The first kappa shape index (κ1) is 6.17. The van der Waals surface area contributed by atoms with Crippen molar-refractivity contribution in [1.29, 1.82) is 0 Å². The maximum atomic E-state index is 4.22. The number of nitrogens with zero attached hydrogens (tertiary/aromatic N) is 2. The first-order chi connectivity index (χ1) is 5.93. The molecule has 0 saturated heterocycles. The molecule has 0 aromatic carbocycles. The van der Waals surface area contributed by atoms with E-state index in [1.165, 1.54) is 18.5 Å². The summed E-state index contributed by atoms with van der Waals surface area (Å²) >= 11 is 0. The fraction of sp³-hybridized carbons (Fsp3) is 0.333. The van der Waals surface area contributed by atoms with Gasteiger partial charge in [-0.15, -0.1) is 0 Å². The maximum absolute atomic E-state index is 4.22. The number of aromatic nitrogens is 3. The normalized spacial score (nSPS) is 17.0. The van der Waals surface area contributed by atoms with E-state index >= 15 is 0 Å². The summed E-state index contributed by atoms with van der Waals surface area (Å²) in [5, 5.41) is 0. The molecule has 0 spiro atoms. The Hall–Kier alpha value is -1.38. The van der Waals surface area contributed by atoms with E-state index in [0.29, 0.717) is 0 Å². The van der Waals surface area contributed by atoms with E-state index in [1.807, 2.05) is 0 Å². The highest BCUT2D eigenvalue weighted by atomic mass is 14.9. The van der Waals surface area contributed by atoms with Crippen LogP contribution >= 0.6 is 0 Å². The molecular weight excluding hydrogens is 150 g/mol. The number of fused-ring (bicyclic) bond motifs is 1. The minimum absolute atomic E-state index is 0.751. The Morgan fingerprint density at radius 1 is 1.25 bits per heavy atom. The van der Waals surface area contributed by atoms with Gasteiger partial charge in [0.05, 0.1) is 0 Å². The van der Waals surface area contributed by atoms with Crippen molar-refractivity contribution in [2.45, 2.75) is 18.8 Å². The van der Waals surface area contributed by atoms with Crippen LogP contribution in [0.3, 0.4) is 0 Å². The minimum atomic E-state index is 0.751. The predicted octanol–water partition coefficient (Wildman–Crippen LogP) is 1.84. The molecule has 0 radical (unpaired) electrons. The molecular formula is C9H9N3. The van der Waals surface area contributed by atoms with Gasteiger partial charge in [-0.2, -0.15) is 0 Å². The molecule has 0 unspecified atom stereocenters. The fourth-order valence-corrected chi connectivity index (χ4v) is 1.49. The molecule has 2 aromatic rings. The molecule has 2 aromatic heterocycles. The lowest BCUT2D eigenvalue weighted by molar-refractivity contribution is 1.05. The Bertz CT molecular complexity index is 381. The summed E-state index contributed by atoms with van der Waals surface area (Å²) in [4.78, 5) is 11.7. The summed E-state index contributed by atoms with van der Waals surface area (Å²) in [7, 11) is 0. The van der Waals surface area contributed by atoms with Crippen LogP contribution in [0.4, 0.5) is 0 Å². The Kier molecular flexibility index (Phi) is 1.06. The van der Waals surface area contributed by atoms with E-state index in [0.717, 1.165) is 17.1 Å². The molecule has 1 N–H and O–H groups in total. The number of hydrogen-bond donors (Lipinski definition) is 1. The zero-order valence-electron chi connectivity index (χ0n) is 6.62. The summed E-state index contributed by atoms with van der Waals surface area (Å²) in [6.07, 6.45) is 6.07. The molecule has 0 aliphatic heterocycles. The maximum Gasteiger partial charge on any atom is 0.156 e. The molecule has 0 amide bonds. The zero-order chi connectivity index (χ0) is 7.97. The quantitative estimate of drug-likeness (QED) is 0.689. The number of rotatable bonds is 1. The van der Waals surface area contributed by atoms with Crippen molar-refractivity contribution in [3.05, 3.63) is 24.2 Å². The summed E-state index contributed by atoms with van der Waals surface area (Å²) in [6, 6.07) is 2.11. The molecule has 0 bridgehead atoms. The smallest absolute Gasteiger partial charge is 0.156 e. The van der Waals surface area contributed by atoms with Crippen molar-refractivity contribution in [2.75, 3.05) is 0 Å². The molecule has 3 nitrogen and oxygen atoms in total. The molecule has 1 aliphatic carbocycles. The monoisotopic (exact) mass is 159 g/mol. The molecule has 3 rings (SSSR count). The van der Waals surface area contributed by atoms with E-state index < -0.39 is 0 Å². The summed E-state index contributed by atoms with van der Waals surface area (Å²) in [5.74, 6) is 0.751. The number of H-pyrrole nitrogens is 1. The highest BCUT2D eigenvalue weighted by Gasteiger charge is 2.25. The van der Waals surface area contributed by atoms with Gasteiger partial charge in [-0.25, -0.2) is 4.98 Å². The summed E-state index contributed by atoms with van der Waals surface area (Å²) in [5.41, 5.74) is 3.20. The summed E-state index contributed by atoms with van der Waals surface area (Å²) in [6.45, 7) is 0. The standard InChI is InChI=1S/C9H9N3/c1-2-6(1)7-5-8-9(12-7)11-4-3-10-8/h3-6H,1-2H2,(H,11,12). The fourth-order valence-electron chi connectivity index (χ4n) is 1.49. The lowest BCUT2D eigenvalue weighted by Crippen LogP contribution is -1.78. The number of nitrogens with one attached hydrogen (secondary N) is 1. The van der Waals surface area contributed by atoms with Crippen LogP contribution in [0.2, 0.25) is 0 Å². The average Bonchev–Trinajstić information content (AvgIpc) is 2.85. The molecule has 1 aliphatic rings. The van der Waals surface area contributed by atoms with Gasteiger partial charge in [0.2, 0.25) is 0 Å². The van der Waals surface area contributed by atoms with Crippen molar-refractivity contribution in [3.8, 4) is 0 Å². The van der Waals surface area contributed by atoms with Gasteiger partial charge in [0, 0.05) is 18.1 Å². The van der Waals surface area contributed by atoms with Crippen molar-refractivity contribution < 1.29 is 0 Å². The zero-order valence-corrected chi connectivity index (χ0v) is 6.62. The van der Waals surface area contributed by atoms with Crippen LogP contribution in [0, 0.1) is 0 Å². The van der Waals surface area contributed by atoms with Gasteiger partial charge in [-0.3, -0.25) is 4.98 Å². The molecule has 60 valence electrons. The van der Waals surface area contributed by atoms with Crippen molar-refractivity contribution in [1.82, 2.24) is 15.0 Å². The summed E-state index contributed by atoms with van der Waals surface area (Å²) < 4.78 is 0. The third-order valence-electron chi connectivity index (χ3n) is 2.30. The molecule has 1 fully saturated rings. The Morgan fingerprint density at radius 3 is 2.83 bits per heavy atom. The van der Waals surface area contributed by atoms with Gasteiger partial charge in [-0.1, -0.05) is 0 Å². The predicted molar refractivity (Wildman–Crippen MR) is 45.9 cm³/mol. The van der Waals surface area contributed by atoms with E-state index in [9.17, 15) is 0 Å². The number of aromatic amines is 1. The van der Waals surface area contributed by atoms with E-state index in [2.05, 4.69) is 21.0 Å². The Balaban J connectivity index is 2.23. The Labute approximate surface area is 69.9 Å². The lowest BCUT2D eigenvalue weighted by Gasteiger charge is -1.85. The van der Waals surface area contributed by atoms with Gasteiger partial charge in [0.25, 0.3) is 0 Å². The molecule has 3 heteroatoms. The molecule has 12 heavy (non-hydrogen) atoms. The van der Waals surface area contributed by atoms with Crippen molar-refractivity contribution in [3.63, 3.8) is 0 Å². The van der Waals surface area contributed by atoms with Crippen LogP contribution in [0.25, 0.3) is 11.2 Å². The van der Waals surface area contributed by atoms with Crippen LogP contribution in [0.1, 0.15) is 24.5 Å². The van der Waals surface area contributed by atoms with E-state index in [-0.39, 0.29) is 0 Å². The van der Waals surface area contributed by atoms with Gasteiger partial charge < -0.3 is 4.98 Å². The topological polar surface area (TPSA) is 41.6 Å². The number of hydrogen-bond acceptors (Lipinski definition) is 2. The minimum Gasteiger partial charge on any atom is -0.342 e. The van der Waals surface area contributed by atoms with E-state index in [1.54, 1.807) is 12.4 Å². The molecule has 1 saturated carbocycles. The second-order valence-corrected chi connectivity index (χ2v) is 3.29. The van der Waals surface area contributed by atoms with Crippen LogP contribution in [-0.2, 0) is 0 Å². The highest BCUT2D eigenvalue weighted by molar-refractivity contribution is 5.71. The van der Waals surface area contributed by atoms with Gasteiger partial charge in [0.15, 0.2) is 5.65 Å². The first-order valence-electron chi connectivity index (χ1n) is 4.23. The van der Waals surface area contributed by atoms with Gasteiger partial charge in [-0.05, 0) is 24.8 Å². The molecule has 0 atom stereocenters. The van der Waals surface area contributed by atoms with Crippen LogP contribution in [0.15, 0.2) is 18.5 Å². The third-order valence-corrected chi connectivity index (χ3v) is 2.30. The lowest BCUT2D eigenvalue weighted by atomic mass is 10.3. The Morgan fingerprint density at radius 2 is 2.08 bits per heavy atom. The van der Waals surface area contributed by atoms with Crippen LogP contribution in [-0.4, -0.2) is 15.0 Å². The van der Waals surface area contributed by atoms with Gasteiger partial charge >= 0.3 is 0 Å². The second kappa shape index (κ2) is 2.06. The SMILES string of the molecule is c1cnc2[nH]c(C3CC3)cc2n1. The largest absolute Gasteiger partial charge is 0.342 e. The molecule has 2 heterocycles. The third kappa shape index (κ3) is 0.826. The van der Waals surface area contributed by atoms with Gasteiger partial charge in [0.1, 0.15) is 5.52 Å². The van der Waals surface area contributed by atoms with Crippen LogP contribution in [0.5, 0.6) is 0 Å². The average molecular weight is 159 g/mol. The second-order valence-electron chi connectivity index (χ2n) is 3.29.